The van der Waals surface area contributed by atoms with E-state index in [2.05, 4.69) is 31.2 Å². The monoisotopic (exact) mass is 242 g/mol. The van der Waals surface area contributed by atoms with E-state index in [0.717, 1.165) is 11.3 Å². The van der Waals surface area contributed by atoms with E-state index < -0.39 is 0 Å². The van der Waals surface area contributed by atoms with Crippen molar-refractivity contribution in [2.24, 2.45) is 0 Å². The molecule has 0 amide bonds. The minimum Gasteiger partial charge on any atom is -0.464 e. The highest BCUT2D eigenvalue weighted by atomic mass is 16.3. The Hall–Kier alpha value is -1.50. The molecule has 1 aromatic carbocycles. The molecule has 0 unspecified atom stereocenters. The van der Waals surface area contributed by atoms with Gasteiger partial charge in [0.05, 0.1) is 6.26 Å². The number of rotatable bonds is 7. The minimum atomic E-state index is 0.949. The maximum atomic E-state index is 5.38. The van der Waals surface area contributed by atoms with Crippen LogP contribution in [0.5, 0.6) is 0 Å². The van der Waals surface area contributed by atoms with Crippen LogP contribution < -0.4 is 0 Å². The molecule has 0 fully saturated rings. The molecule has 0 atom stereocenters. The number of benzene rings is 1. The van der Waals surface area contributed by atoms with Crippen molar-refractivity contribution in [1.82, 2.24) is 0 Å². The second kappa shape index (κ2) is 7.05. The van der Waals surface area contributed by atoms with Gasteiger partial charge in [-0.15, -0.1) is 0 Å². The van der Waals surface area contributed by atoms with Crippen LogP contribution in [-0.2, 0) is 6.42 Å². The minimum absolute atomic E-state index is 0.949. The summed E-state index contributed by atoms with van der Waals surface area (Å²) in [6, 6.07) is 12.7. The van der Waals surface area contributed by atoms with Gasteiger partial charge in [0.2, 0.25) is 0 Å². The molecular weight excluding hydrogens is 220 g/mol. The molecule has 0 saturated carbocycles. The van der Waals surface area contributed by atoms with E-state index in [-0.39, 0.29) is 0 Å². The van der Waals surface area contributed by atoms with Gasteiger partial charge in [0.15, 0.2) is 0 Å². The molecule has 1 heteroatoms. The lowest BCUT2D eigenvalue weighted by Gasteiger charge is -2.03. The van der Waals surface area contributed by atoms with Crippen LogP contribution in [0.4, 0.5) is 0 Å². The summed E-state index contributed by atoms with van der Waals surface area (Å²) in [5.41, 5.74) is 2.59. The molecule has 0 aliphatic rings. The van der Waals surface area contributed by atoms with E-state index in [1.54, 1.807) is 6.26 Å². The van der Waals surface area contributed by atoms with E-state index in [1.165, 1.54) is 44.1 Å². The molecule has 96 valence electrons. The van der Waals surface area contributed by atoms with Crippen LogP contribution in [-0.4, -0.2) is 0 Å². The molecule has 0 N–H and O–H groups in total. The van der Waals surface area contributed by atoms with Gasteiger partial charge in [-0.2, -0.15) is 0 Å². The third-order valence-corrected chi connectivity index (χ3v) is 3.33. The lowest BCUT2D eigenvalue weighted by molar-refractivity contribution is 0.582. The van der Waals surface area contributed by atoms with E-state index >= 15 is 0 Å². The molecule has 0 saturated heterocycles. The highest BCUT2D eigenvalue weighted by Gasteiger charge is 2.00. The van der Waals surface area contributed by atoms with Gasteiger partial charge in [-0.25, -0.2) is 0 Å². The highest BCUT2D eigenvalue weighted by molar-refractivity contribution is 5.57. The SMILES string of the molecule is CCCCCCCc1ccc(-c2ccco2)cc1. The third-order valence-electron chi connectivity index (χ3n) is 3.33. The predicted octanol–water partition coefficient (Wildman–Crippen LogP) is 5.46. The second-order valence-electron chi connectivity index (χ2n) is 4.84. The number of hydrogen-bond acceptors (Lipinski definition) is 1. The van der Waals surface area contributed by atoms with Crippen LogP contribution in [0.15, 0.2) is 47.1 Å². The van der Waals surface area contributed by atoms with Crippen LogP contribution in [0.2, 0.25) is 0 Å². The quantitative estimate of drug-likeness (QED) is 0.588. The Morgan fingerprint density at radius 2 is 1.67 bits per heavy atom. The molecule has 0 aliphatic heterocycles. The molecule has 18 heavy (non-hydrogen) atoms. The number of aryl methyl sites for hydroxylation is 1. The van der Waals surface area contributed by atoms with Gasteiger partial charge in [-0.3, -0.25) is 0 Å². The Labute approximate surface area is 110 Å². The summed E-state index contributed by atoms with van der Waals surface area (Å²) in [4.78, 5) is 0. The van der Waals surface area contributed by atoms with Crippen LogP contribution in [0.1, 0.15) is 44.6 Å². The molecular formula is C17H22O. The first-order valence-electron chi connectivity index (χ1n) is 7.03. The second-order valence-corrected chi connectivity index (χ2v) is 4.84. The molecule has 2 rings (SSSR count). The lowest BCUT2D eigenvalue weighted by Crippen LogP contribution is -1.86. The van der Waals surface area contributed by atoms with Crippen molar-refractivity contribution in [3.63, 3.8) is 0 Å². The summed E-state index contributed by atoms with van der Waals surface area (Å²) in [5, 5.41) is 0. The summed E-state index contributed by atoms with van der Waals surface area (Å²) in [5.74, 6) is 0.949. The Bertz CT molecular complexity index is 425. The Kier molecular flexibility index (Phi) is 5.07. The molecule has 0 spiro atoms. The Morgan fingerprint density at radius 3 is 2.33 bits per heavy atom. The zero-order valence-corrected chi connectivity index (χ0v) is 11.2. The fraction of sp³-hybridized carbons (Fsp3) is 0.412. The molecule has 1 aromatic heterocycles. The first-order chi connectivity index (χ1) is 8.90. The van der Waals surface area contributed by atoms with Gasteiger partial charge >= 0.3 is 0 Å². The largest absolute Gasteiger partial charge is 0.464 e. The summed E-state index contributed by atoms with van der Waals surface area (Å²) >= 11 is 0. The average Bonchev–Trinajstić information content (AvgIpc) is 2.93. The van der Waals surface area contributed by atoms with Gasteiger partial charge in [0, 0.05) is 5.56 Å². The summed E-state index contributed by atoms with van der Waals surface area (Å²) < 4.78 is 5.38. The number of unbranched alkanes of at least 4 members (excludes halogenated alkanes) is 4. The standard InChI is InChI=1S/C17H22O/c1-2-3-4-5-6-8-15-10-12-16(13-11-15)17-9-7-14-18-17/h7,9-14H,2-6,8H2,1H3. The van der Waals surface area contributed by atoms with Crippen molar-refractivity contribution < 1.29 is 4.42 Å². The Morgan fingerprint density at radius 1 is 0.889 bits per heavy atom. The zero-order valence-electron chi connectivity index (χ0n) is 11.2. The maximum Gasteiger partial charge on any atom is 0.133 e. The molecule has 0 bridgehead atoms. The summed E-state index contributed by atoms with van der Waals surface area (Å²) in [6.07, 6.45) is 9.64. The predicted molar refractivity (Wildman–Crippen MR) is 76.6 cm³/mol. The molecule has 1 heterocycles. The number of furan rings is 1. The molecule has 0 radical (unpaired) electrons. The third kappa shape index (κ3) is 3.76. The van der Waals surface area contributed by atoms with Crippen LogP contribution in [0.3, 0.4) is 0 Å². The summed E-state index contributed by atoms with van der Waals surface area (Å²) in [7, 11) is 0. The van der Waals surface area contributed by atoms with Gasteiger partial charge in [0.25, 0.3) is 0 Å². The average molecular weight is 242 g/mol. The van der Waals surface area contributed by atoms with Gasteiger partial charge < -0.3 is 4.42 Å². The highest BCUT2D eigenvalue weighted by Crippen LogP contribution is 2.20. The molecule has 1 nitrogen and oxygen atoms in total. The van der Waals surface area contributed by atoms with Crippen LogP contribution in [0.25, 0.3) is 11.3 Å². The first-order valence-corrected chi connectivity index (χ1v) is 7.03. The lowest BCUT2D eigenvalue weighted by atomic mass is 10.0. The van der Waals surface area contributed by atoms with Crippen molar-refractivity contribution in [2.45, 2.75) is 45.4 Å². The smallest absolute Gasteiger partial charge is 0.133 e. The van der Waals surface area contributed by atoms with Crippen molar-refractivity contribution >= 4 is 0 Å². The van der Waals surface area contributed by atoms with Gasteiger partial charge in [0.1, 0.15) is 5.76 Å². The van der Waals surface area contributed by atoms with E-state index in [9.17, 15) is 0 Å². The van der Waals surface area contributed by atoms with Crippen LogP contribution >= 0.6 is 0 Å². The molecule has 0 aliphatic carbocycles. The van der Waals surface area contributed by atoms with E-state index in [4.69, 9.17) is 4.42 Å². The van der Waals surface area contributed by atoms with E-state index in [1.807, 2.05) is 12.1 Å². The summed E-state index contributed by atoms with van der Waals surface area (Å²) in [6.45, 7) is 2.26. The molecule has 2 aromatic rings. The van der Waals surface area contributed by atoms with Gasteiger partial charge in [-0.05, 0) is 30.5 Å². The fourth-order valence-corrected chi connectivity index (χ4v) is 2.21. The van der Waals surface area contributed by atoms with Crippen molar-refractivity contribution in [3.8, 4) is 11.3 Å². The first kappa shape index (κ1) is 12.9. The van der Waals surface area contributed by atoms with Crippen molar-refractivity contribution in [1.29, 1.82) is 0 Å². The maximum absolute atomic E-state index is 5.38. The topological polar surface area (TPSA) is 13.1 Å². The van der Waals surface area contributed by atoms with Crippen LogP contribution in [0, 0.1) is 0 Å². The fourth-order valence-electron chi connectivity index (χ4n) is 2.21. The van der Waals surface area contributed by atoms with Gasteiger partial charge in [-0.1, -0.05) is 56.9 Å². The normalized spacial score (nSPS) is 10.7. The van der Waals surface area contributed by atoms with Crippen molar-refractivity contribution in [3.05, 3.63) is 48.2 Å². The van der Waals surface area contributed by atoms with E-state index in [0.29, 0.717) is 0 Å². The number of hydrogen-bond donors (Lipinski definition) is 0. The van der Waals surface area contributed by atoms with Crippen molar-refractivity contribution in [2.75, 3.05) is 0 Å². The Balaban J connectivity index is 1.81. The zero-order chi connectivity index (χ0) is 12.6.